The average molecular weight is 226 g/mol. The molecule has 0 aliphatic rings. The number of para-hydroxylation sites is 1. The minimum Gasteiger partial charge on any atom is -0.507 e. The average Bonchev–Trinajstić information content (AvgIpc) is 2.33. The van der Waals surface area contributed by atoms with Crippen molar-refractivity contribution in [3.63, 3.8) is 0 Å². The van der Waals surface area contributed by atoms with E-state index in [1.54, 1.807) is 0 Å². The van der Waals surface area contributed by atoms with Gasteiger partial charge in [0, 0.05) is 11.0 Å². The molecule has 0 heterocycles. The number of hydrogen-bond acceptors (Lipinski definition) is 1. The van der Waals surface area contributed by atoms with E-state index in [1.807, 2.05) is 43.3 Å². The number of benzene rings is 2. The fourth-order valence-electron chi connectivity index (χ4n) is 2.17. The van der Waals surface area contributed by atoms with Crippen molar-refractivity contribution in [2.24, 2.45) is 0 Å². The molecule has 0 atom stereocenters. The first-order valence-corrected chi connectivity index (χ1v) is 5.88. The molecule has 1 nitrogen and oxygen atoms in total. The van der Waals surface area contributed by atoms with Crippen molar-refractivity contribution in [2.75, 3.05) is 0 Å². The minimum absolute atomic E-state index is 0.183. The molecule has 0 amide bonds. The Kier molecular flexibility index (Phi) is 2.93. The van der Waals surface area contributed by atoms with Gasteiger partial charge in [-0.1, -0.05) is 62.4 Å². The summed E-state index contributed by atoms with van der Waals surface area (Å²) in [4.78, 5) is 0. The first-order chi connectivity index (χ1) is 8.03. The third kappa shape index (κ3) is 2.05. The lowest BCUT2D eigenvalue weighted by atomic mass is 9.77. The molecule has 2 rings (SSSR count). The van der Waals surface area contributed by atoms with Gasteiger partial charge in [-0.05, 0) is 18.1 Å². The summed E-state index contributed by atoms with van der Waals surface area (Å²) in [7, 11) is 0. The molecule has 0 aliphatic heterocycles. The Labute approximate surface area is 103 Å². The predicted octanol–water partition coefficient (Wildman–Crippen LogP) is 4.03. The van der Waals surface area contributed by atoms with Crippen molar-refractivity contribution in [3.05, 3.63) is 65.2 Å². The minimum atomic E-state index is -0.183. The van der Waals surface area contributed by atoms with Gasteiger partial charge in [0.15, 0.2) is 0 Å². The first-order valence-electron chi connectivity index (χ1n) is 5.88. The molecule has 88 valence electrons. The Morgan fingerprint density at radius 3 is 2.18 bits per heavy atom. The highest BCUT2D eigenvalue weighted by atomic mass is 16.3. The number of aromatic hydroxyl groups is 1. The molecular weight excluding hydrogens is 208 g/mol. The van der Waals surface area contributed by atoms with Gasteiger partial charge >= 0.3 is 0 Å². The number of phenols is 1. The molecular formula is C16H18O. The van der Waals surface area contributed by atoms with E-state index in [1.165, 1.54) is 5.56 Å². The second-order valence-corrected chi connectivity index (χ2v) is 4.96. The van der Waals surface area contributed by atoms with E-state index in [0.717, 1.165) is 11.1 Å². The normalized spacial score (nSPS) is 11.5. The Hall–Kier alpha value is -1.76. The standard InChI is InChI=1S/C16H18O/c1-12-8-7-11-14(15(12)17)16(2,3)13-9-5-4-6-10-13/h4-11,17H,1-3H3. The van der Waals surface area contributed by atoms with Crippen molar-refractivity contribution in [1.82, 2.24) is 0 Å². The summed E-state index contributed by atoms with van der Waals surface area (Å²) < 4.78 is 0. The molecule has 0 radical (unpaired) electrons. The van der Waals surface area contributed by atoms with Crippen LogP contribution in [-0.2, 0) is 5.41 Å². The summed E-state index contributed by atoms with van der Waals surface area (Å²) in [5, 5.41) is 10.2. The molecule has 0 spiro atoms. The van der Waals surface area contributed by atoms with Crippen LogP contribution in [0, 0.1) is 6.92 Å². The van der Waals surface area contributed by atoms with Crippen molar-refractivity contribution in [1.29, 1.82) is 0 Å². The zero-order valence-corrected chi connectivity index (χ0v) is 10.6. The van der Waals surface area contributed by atoms with Crippen LogP contribution in [0.15, 0.2) is 48.5 Å². The van der Waals surface area contributed by atoms with Crippen LogP contribution in [0.5, 0.6) is 5.75 Å². The van der Waals surface area contributed by atoms with Crippen molar-refractivity contribution in [2.45, 2.75) is 26.2 Å². The number of rotatable bonds is 2. The van der Waals surface area contributed by atoms with Crippen molar-refractivity contribution >= 4 is 0 Å². The highest BCUT2D eigenvalue weighted by Gasteiger charge is 2.26. The lowest BCUT2D eigenvalue weighted by molar-refractivity contribution is 0.449. The Balaban J connectivity index is 2.56. The highest BCUT2D eigenvalue weighted by molar-refractivity contribution is 5.48. The first kappa shape index (κ1) is 11.7. The van der Waals surface area contributed by atoms with E-state index in [2.05, 4.69) is 26.0 Å². The molecule has 0 bridgehead atoms. The lowest BCUT2D eigenvalue weighted by Gasteiger charge is -2.27. The van der Waals surface area contributed by atoms with Gasteiger partial charge in [-0.2, -0.15) is 0 Å². The fraction of sp³-hybridized carbons (Fsp3) is 0.250. The van der Waals surface area contributed by atoms with Gasteiger partial charge in [-0.15, -0.1) is 0 Å². The smallest absolute Gasteiger partial charge is 0.122 e. The van der Waals surface area contributed by atoms with Crippen LogP contribution in [0.3, 0.4) is 0 Å². The zero-order chi connectivity index (χ0) is 12.5. The van der Waals surface area contributed by atoms with Gasteiger partial charge in [-0.25, -0.2) is 0 Å². The van der Waals surface area contributed by atoms with Crippen molar-refractivity contribution in [3.8, 4) is 5.75 Å². The Morgan fingerprint density at radius 1 is 0.882 bits per heavy atom. The molecule has 1 heteroatoms. The summed E-state index contributed by atoms with van der Waals surface area (Å²) in [5.41, 5.74) is 2.92. The maximum atomic E-state index is 10.2. The maximum Gasteiger partial charge on any atom is 0.122 e. The van der Waals surface area contributed by atoms with Crippen LogP contribution in [0.2, 0.25) is 0 Å². The molecule has 0 saturated heterocycles. The quantitative estimate of drug-likeness (QED) is 0.819. The number of phenolic OH excluding ortho intramolecular Hbond substituents is 1. The third-order valence-electron chi connectivity index (χ3n) is 3.41. The molecule has 0 aliphatic carbocycles. The molecule has 2 aromatic rings. The van der Waals surface area contributed by atoms with Crippen LogP contribution in [0.1, 0.15) is 30.5 Å². The molecule has 0 unspecified atom stereocenters. The van der Waals surface area contributed by atoms with Gasteiger partial charge in [0.25, 0.3) is 0 Å². The molecule has 0 fully saturated rings. The van der Waals surface area contributed by atoms with E-state index in [0.29, 0.717) is 5.75 Å². The van der Waals surface area contributed by atoms with Gasteiger partial charge in [0.2, 0.25) is 0 Å². The SMILES string of the molecule is Cc1cccc(C(C)(C)c2ccccc2)c1O. The summed E-state index contributed by atoms with van der Waals surface area (Å²) >= 11 is 0. The second-order valence-electron chi connectivity index (χ2n) is 4.96. The molecule has 0 saturated carbocycles. The van der Waals surface area contributed by atoms with Crippen LogP contribution >= 0.6 is 0 Å². The topological polar surface area (TPSA) is 20.2 Å². The van der Waals surface area contributed by atoms with Crippen LogP contribution in [-0.4, -0.2) is 5.11 Å². The van der Waals surface area contributed by atoms with Gasteiger partial charge in [0.1, 0.15) is 5.75 Å². The van der Waals surface area contributed by atoms with E-state index in [-0.39, 0.29) is 5.41 Å². The van der Waals surface area contributed by atoms with Crippen molar-refractivity contribution < 1.29 is 5.11 Å². The molecule has 0 aromatic heterocycles. The van der Waals surface area contributed by atoms with Gasteiger partial charge in [0.05, 0.1) is 0 Å². The van der Waals surface area contributed by atoms with E-state index >= 15 is 0 Å². The monoisotopic (exact) mass is 226 g/mol. The van der Waals surface area contributed by atoms with Crippen LogP contribution in [0.25, 0.3) is 0 Å². The predicted molar refractivity (Wildman–Crippen MR) is 71.4 cm³/mol. The Bertz CT molecular complexity index is 512. The molecule has 1 N–H and O–H groups in total. The number of hydrogen-bond donors (Lipinski definition) is 1. The largest absolute Gasteiger partial charge is 0.507 e. The third-order valence-corrected chi connectivity index (χ3v) is 3.41. The highest BCUT2D eigenvalue weighted by Crippen LogP contribution is 2.37. The van der Waals surface area contributed by atoms with E-state index in [9.17, 15) is 5.11 Å². The van der Waals surface area contributed by atoms with Gasteiger partial charge in [-0.3, -0.25) is 0 Å². The van der Waals surface area contributed by atoms with Gasteiger partial charge < -0.3 is 5.11 Å². The second kappa shape index (κ2) is 4.25. The van der Waals surface area contributed by atoms with Crippen LogP contribution < -0.4 is 0 Å². The number of aryl methyl sites for hydroxylation is 1. The summed E-state index contributed by atoms with van der Waals surface area (Å²) in [6.45, 7) is 6.20. The summed E-state index contributed by atoms with van der Waals surface area (Å²) in [6.07, 6.45) is 0. The fourth-order valence-corrected chi connectivity index (χ4v) is 2.17. The molecule has 17 heavy (non-hydrogen) atoms. The van der Waals surface area contributed by atoms with E-state index < -0.39 is 0 Å². The lowest BCUT2D eigenvalue weighted by Crippen LogP contribution is -2.19. The zero-order valence-electron chi connectivity index (χ0n) is 10.6. The maximum absolute atomic E-state index is 10.2. The van der Waals surface area contributed by atoms with E-state index in [4.69, 9.17) is 0 Å². The summed E-state index contributed by atoms with van der Waals surface area (Å²) in [5.74, 6) is 0.404. The Morgan fingerprint density at radius 2 is 1.53 bits per heavy atom. The summed E-state index contributed by atoms with van der Waals surface area (Å²) in [6, 6.07) is 16.2. The van der Waals surface area contributed by atoms with Crippen LogP contribution in [0.4, 0.5) is 0 Å². The molecule has 2 aromatic carbocycles.